The van der Waals surface area contributed by atoms with E-state index in [9.17, 15) is 9.90 Å². The molecule has 1 aromatic carbocycles. The summed E-state index contributed by atoms with van der Waals surface area (Å²) in [6, 6.07) is 10.7. The average Bonchev–Trinajstić information content (AvgIpc) is 2.61. The van der Waals surface area contributed by atoms with E-state index >= 15 is 0 Å². The van der Waals surface area contributed by atoms with Crippen LogP contribution >= 0.6 is 0 Å². The van der Waals surface area contributed by atoms with Crippen molar-refractivity contribution in [3.05, 3.63) is 35.9 Å². The molecule has 1 heterocycles. The molecule has 0 radical (unpaired) electrons. The molecule has 28 heavy (non-hydrogen) atoms. The molecule has 0 aliphatic carbocycles. The van der Waals surface area contributed by atoms with Gasteiger partial charge in [-0.1, -0.05) is 71.9 Å². The van der Waals surface area contributed by atoms with Gasteiger partial charge in [-0.2, -0.15) is 0 Å². The third-order valence-corrected chi connectivity index (χ3v) is 5.38. The molecule has 2 rings (SSSR count). The van der Waals surface area contributed by atoms with Gasteiger partial charge in [0.05, 0.1) is 6.61 Å². The van der Waals surface area contributed by atoms with Gasteiger partial charge >= 0.3 is 6.03 Å². The number of aliphatic hydroxyl groups excluding tert-OH is 1. The maximum absolute atomic E-state index is 11.7. The summed E-state index contributed by atoms with van der Waals surface area (Å²) in [6.45, 7) is 14.3. The van der Waals surface area contributed by atoms with Crippen molar-refractivity contribution in [2.45, 2.75) is 79.2 Å². The van der Waals surface area contributed by atoms with Gasteiger partial charge in [-0.3, -0.25) is 0 Å². The van der Waals surface area contributed by atoms with Gasteiger partial charge in [-0.05, 0) is 42.1 Å². The van der Waals surface area contributed by atoms with E-state index in [4.69, 9.17) is 0 Å². The number of urea groups is 1. The fourth-order valence-corrected chi connectivity index (χ4v) is 3.90. The monoisotopic (exact) mass is 390 g/mol. The van der Waals surface area contributed by atoms with Crippen LogP contribution in [0.15, 0.2) is 30.3 Å². The zero-order chi connectivity index (χ0) is 21.4. The highest BCUT2D eigenvalue weighted by Gasteiger charge is 2.29. The molecule has 0 aromatic heterocycles. The highest BCUT2D eigenvalue weighted by atomic mass is 16.3. The zero-order valence-electron chi connectivity index (χ0n) is 19.1. The van der Waals surface area contributed by atoms with Crippen molar-refractivity contribution in [2.24, 2.45) is 10.8 Å². The standard InChI is InChI=1S/C12H24N2O.C12H18O/c1-12(2,3)9-10-7-5-6-8-14(10)11(15)13-4;1-12(2,3)11(9-13)10-7-5-4-6-8-10/h10H,5-9H2,1-4H3,(H,13,15);4-8,11,13H,9H2,1-3H3. The molecule has 0 bridgehead atoms. The third kappa shape index (κ3) is 8.22. The van der Waals surface area contributed by atoms with Crippen molar-refractivity contribution < 1.29 is 9.90 Å². The number of nitrogens with zero attached hydrogens (tertiary/aromatic N) is 1. The third-order valence-electron chi connectivity index (χ3n) is 5.38. The molecule has 160 valence electrons. The summed E-state index contributed by atoms with van der Waals surface area (Å²) in [5.74, 6) is 0.230. The molecule has 1 aliphatic heterocycles. The van der Waals surface area contributed by atoms with Gasteiger partial charge in [0.25, 0.3) is 0 Å². The molecular weight excluding hydrogens is 348 g/mol. The van der Waals surface area contributed by atoms with Gasteiger partial charge in [-0.15, -0.1) is 0 Å². The van der Waals surface area contributed by atoms with Gasteiger partial charge in [0.1, 0.15) is 0 Å². The van der Waals surface area contributed by atoms with Crippen molar-refractivity contribution in [2.75, 3.05) is 20.2 Å². The van der Waals surface area contributed by atoms with Crippen molar-refractivity contribution in [1.82, 2.24) is 10.2 Å². The number of hydrogen-bond acceptors (Lipinski definition) is 2. The van der Waals surface area contributed by atoms with Crippen LogP contribution in [0.3, 0.4) is 0 Å². The molecule has 0 saturated carbocycles. The summed E-state index contributed by atoms with van der Waals surface area (Å²) in [5, 5.41) is 12.1. The molecular formula is C24H42N2O2. The zero-order valence-corrected chi connectivity index (χ0v) is 19.1. The predicted octanol–water partition coefficient (Wildman–Crippen LogP) is 5.43. The van der Waals surface area contributed by atoms with Crippen molar-refractivity contribution >= 4 is 6.03 Å². The second-order valence-corrected chi connectivity index (χ2v) is 10.2. The van der Waals surface area contributed by atoms with Gasteiger partial charge < -0.3 is 15.3 Å². The number of carbonyl (C=O) groups excluding carboxylic acids is 1. The van der Waals surface area contributed by atoms with Crippen LogP contribution in [0.1, 0.15) is 78.7 Å². The molecule has 1 saturated heterocycles. The minimum Gasteiger partial charge on any atom is -0.396 e. The second-order valence-electron chi connectivity index (χ2n) is 10.2. The lowest BCUT2D eigenvalue weighted by Gasteiger charge is -2.38. The largest absolute Gasteiger partial charge is 0.396 e. The SMILES string of the molecule is CC(C)(C)C(CO)c1ccccc1.CNC(=O)N1CCCCC1CC(C)(C)C. The van der Waals surface area contributed by atoms with Crippen LogP contribution in [0, 0.1) is 10.8 Å². The first kappa shape index (κ1) is 24.5. The maximum Gasteiger partial charge on any atom is 0.317 e. The second kappa shape index (κ2) is 10.8. The Morgan fingerprint density at radius 1 is 1.14 bits per heavy atom. The summed E-state index contributed by atoms with van der Waals surface area (Å²) in [6.07, 6.45) is 4.66. The number of carbonyl (C=O) groups is 1. The highest BCUT2D eigenvalue weighted by Crippen LogP contribution is 2.34. The number of nitrogens with one attached hydrogen (secondary N) is 1. The Balaban J connectivity index is 0.000000283. The Morgan fingerprint density at radius 2 is 1.75 bits per heavy atom. The van der Waals surface area contributed by atoms with E-state index in [1.165, 1.54) is 12.0 Å². The van der Waals surface area contributed by atoms with Crippen LogP contribution in [-0.4, -0.2) is 42.3 Å². The summed E-state index contributed by atoms with van der Waals surface area (Å²) in [5.41, 5.74) is 1.64. The first-order valence-corrected chi connectivity index (χ1v) is 10.6. The van der Waals surface area contributed by atoms with Gasteiger partial charge in [-0.25, -0.2) is 4.79 Å². The molecule has 1 aliphatic rings. The van der Waals surface area contributed by atoms with Crippen LogP contribution < -0.4 is 5.32 Å². The number of piperidine rings is 1. The van der Waals surface area contributed by atoms with E-state index in [1.807, 2.05) is 23.1 Å². The molecule has 0 spiro atoms. The number of benzene rings is 1. The van der Waals surface area contributed by atoms with Crippen molar-refractivity contribution in [3.8, 4) is 0 Å². The molecule has 4 heteroatoms. The minimum absolute atomic E-state index is 0.0870. The Bertz CT molecular complexity index is 573. The number of aliphatic hydroxyl groups is 1. The number of likely N-dealkylation sites (tertiary alicyclic amines) is 1. The van der Waals surface area contributed by atoms with Crippen LogP contribution in [0.4, 0.5) is 4.79 Å². The molecule has 1 fully saturated rings. The average molecular weight is 391 g/mol. The minimum atomic E-state index is 0.0870. The van der Waals surface area contributed by atoms with E-state index in [1.54, 1.807) is 7.05 Å². The molecule has 4 nitrogen and oxygen atoms in total. The van der Waals surface area contributed by atoms with E-state index in [0.717, 1.165) is 25.8 Å². The van der Waals surface area contributed by atoms with Gasteiger partial charge in [0.15, 0.2) is 0 Å². The van der Waals surface area contributed by atoms with Crippen molar-refractivity contribution in [1.29, 1.82) is 0 Å². The quantitative estimate of drug-likeness (QED) is 0.723. The van der Waals surface area contributed by atoms with Crippen LogP contribution in [0.5, 0.6) is 0 Å². The Kier molecular flexibility index (Phi) is 9.49. The predicted molar refractivity (Wildman–Crippen MR) is 119 cm³/mol. The number of amides is 2. The highest BCUT2D eigenvalue weighted by molar-refractivity contribution is 5.74. The van der Waals surface area contributed by atoms with Crippen LogP contribution in [-0.2, 0) is 0 Å². The Morgan fingerprint density at radius 3 is 2.21 bits per heavy atom. The maximum atomic E-state index is 11.7. The molecule has 2 unspecified atom stereocenters. The topological polar surface area (TPSA) is 52.6 Å². The Labute approximate surface area is 172 Å². The lowest BCUT2D eigenvalue weighted by molar-refractivity contribution is 0.126. The lowest BCUT2D eigenvalue weighted by Crippen LogP contribution is -2.48. The summed E-state index contributed by atoms with van der Waals surface area (Å²) < 4.78 is 0. The van der Waals surface area contributed by atoms with E-state index in [0.29, 0.717) is 11.5 Å². The normalized spacial score (nSPS) is 18.7. The molecule has 2 atom stereocenters. The number of hydrogen-bond donors (Lipinski definition) is 2. The first-order valence-electron chi connectivity index (χ1n) is 10.6. The van der Waals surface area contributed by atoms with Gasteiger partial charge in [0.2, 0.25) is 0 Å². The summed E-state index contributed by atoms with van der Waals surface area (Å²) in [7, 11) is 1.71. The van der Waals surface area contributed by atoms with E-state index in [-0.39, 0.29) is 24.0 Å². The smallest absolute Gasteiger partial charge is 0.317 e. The first-order chi connectivity index (χ1) is 13.0. The Hall–Kier alpha value is -1.55. The van der Waals surface area contributed by atoms with Crippen molar-refractivity contribution in [3.63, 3.8) is 0 Å². The van der Waals surface area contributed by atoms with E-state index < -0.39 is 0 Å². The van der Waals surface area contributed by atoms with E-state index in [2.05, 4.69) is 59.0 Å². The number of rotatable bonds is 3. The summed E-state index contributed by atoms with van der Waals surface area (Å²) >= 11 is 0. The van der Waals surface area contributed by atoms with Crippen LogP contribution in [0.2, 0.25) is 0 Å². The van der Waals surface area contributed by atoms with Gasteiger partial charge in [0, 0.05) is 25.6 Å². The lowest BCUT2D eigenvalue weighted by atomic mass is 9.77. The fraction of sp³-hybridized carbons (Fsp3) is 0.708. The fourth-order valence-electron chi connectivity index (χ4n) is 3.90. The summed E-state index contributed by atoms with van der Waals surface area (Å²) in [4.78, 5) is 13.7. The molecule has 1 aromatic rings. The van der Waals surface area contributed by atoms with Crippen LogP contribution in [0.25, 0.3) is 0 Å². The molecule has 2 N–H and O–H groups in total. The molecule has 2 amide bonds.